The lowest BCUT2D eigenvalue weighted by atomic mass is 9.87. The Hall–Kier alpha value is -3.06. The minimum absolute atomic E-state index is 0.0180. The van der Waals surface area contributed by atoms with Crippen LogP contribution < -0.4 is 20.1 Å². The number of piperidine rings is 1. The third-order valence-corrected chi connectivity index (χ3v) is 7.15. The summed E-state index contributed by atoms with van der Waals surface area (Å²) in [5, 5.41) is 6.28. The highest BCUT2D eigenvalue weighted by molar-refractivity contribution is 5.93. The van der Waals surface area contributed by atoms with Crippen LogP contribution >= 0.6 is 0 Å². The second kappa shape index (κ2) is 9.43. The topological polar surface area (TPSA) is 79.9 Å². The number of carbonyl (C=O) groups is 2. The zero-order valence-electron chi connectivity index (χ0n) is 19.0. The molecule has 2 amide bonds. The Morgan fingerprint density at radius 2 is 1.82 bits per heavy atom. The Kier molecular flexibility index (Phi) is 6.22. The summed E-state index contributed by atoms with van der Waals surface area (Å²) in [6.07, 6.45) is 4.64. The average Bonchev–Trinajstić information content (AvgIpc) is 3.32. The van der Waals surface area contributed by atoms with E-state index < -0.39 is 0 Å². The highest BCUT2D eigenvalue weighted by Crippen LogP contribution is 2.34. The number of benzene rings is 2. The fourth-order valence-corrected chi connectivity index (χ4v) is 5.13. The summed E-state index contributed by atoms with van der Waals surface area (Å²) in [5.41, 5.74) is 3.31. The summed E-state index contributed by atoms with van der Waals surface area (Å²) >= 11 is 0. The molecular weight excluding hydrogens is 418 g/mol. The van der Waals surface area contributed by atoms with Crippen molar-refractivity contribution in [2.75, 3.05) is 25.2 Å². The number of fused-ring (bicyclic) bond motifs is 2. The van der Waals surface area contributed by atoms with Crippen molar-refractivity contribution in [3.8, 4) is 11.5 Å². The predicted octanol–water partition coefficient (Wildman–Crippen LogP) is 3.65. The van der Waals surface area contributed by atoms with Gasteiger partial charge in [0.05, 0.1) is 12.1 Å². The zero-order chi connectivity index (χ0) is 22.8. The van der Waals surface area contributed by atoms with Gasteiger partial charge in [-0.2, -0.15) is 0 Å². The fraction of sp³-hybridized carbons (Fsp3) is 0.462. The van der Waals surface area contributed by atoms with E-state index in [0.717, 1.165) is 45.2 Å². The van der Waals surface area contributed by atoms with E-state index >= 15 is 0 Å². The van der Waals surface area contributed by atoms with Crippen LogP contribution in [0.15, 0.2) is 42.5 Å². The number of rotatable bonds is 5. The summed E-state index contributed by atoms with van der Waals surface area (Å²) in [6, 6.07) is 13.7. The molecule has 7 nitrogen and oxygen atoms in total. The molecule has 7 heteroatoms. The van der Waals surface area contributed by atoms with Crippen LogP contribution in [0.25, 0.3) is 0 Å². The highest BCUT2D eigenvalue weighted by atomic mass is 16.7. The quantitative estimate of drug-likeness (QED) is 0.729. The maximum Gasteiger partial charge on any atom is 0.237 e. The minimum Gasteiger partial charge on any atom is -0.454 e. The van der Waals surface area contributed by atoms with E-state index in [2.05, 4.69) is 33.7 Å². The standard InChI is InChI=1S/C26H31N3O4/c1-17(25(30)28-22-8-4-6-18-5-2-3-7-21(18)22)29-13-11-19(12-14-29)26(31)27-20-9-10-23-24(15-20)33-16-32-23/h2-3,5,7,9-10,15,17,19,22H,4,6,8,11-14,16H2,1H3,(H,27,31)(H,28,30)/t17-,22+/m1/s1. The second-order valence-corrected chi connectivity index (χ2v) is 9.20. The van der Waals surface area contributed by atoms with Crippen LogP contribution in [0, 0.1) is 5.92 Å². The van der Waals surface area contributed by atoms with Gasteiger partial charge in [0.25, 0.3) is 0 Å². The van der Waals surface area contributed by atoms with Crippen LogP contribution in [-0.4, -0.2) is 42.6 Å². The first kappa shape index (κ1) is 21.8. The number of nitrogens with zero attached hydrogens (tertiary/aromatic N) is 1. The van der Waals surface area contributed by atoms with Gasteiger partial charge >= 0.3 is 0 Å². The summed E-state index contributed by atoms with van der Waals surface area (Å²) in [4.78, 5) is 28.0. The van der Waals surface area contributed by atoms with E-state index in [4.69, 9.17) is 9.47 Å². The van der Waals surface area contributed by atoms with Crippen LogP contribution in [0.4, 0.5) is 5.69 Å². The van der Waals surface area contributed by atoms with Crippen molar-refractivity contribution in [2.24, 2.45) is 5.92 Å². The Labute approximate surface area is 194 Å². The lowest BCUT2D eigenvalue weighted by Crippen LogP contribution is -2.50. The normalized spacial score (nSPS) is 21.2. The van der Waals surface area contributed by atoms with Crippen molar-refractivity contribution in [1.29, 1.82) is 0 Å². The molecule has 1 fully saturated rings. The number of nitrogens with one attached hydrogen (secondary N) is 2. The van der Waals surface area contributed by atoms with Crippen LogP contribution in [0.3, 0.4) is 0 Å². The van der Waals surface area contributed by atoms with Crippen molar-refractivity contribution in [1.82, 2.24) is 10.2 Å². The van der Waals surface area contributed by atoms with Crippen molar-refractivity contribution >= 4 is 17.5 Å². The Morgan fingerprint density at radius 1 is 1.03 bits per heavy atom. The van der Waals surface area contributed by atoms with Crippen LogP contribution in [0.5, 0.6) is 11.5 Å². The first-order valence-corrected chi connectivity index (χ1v) is 11.9. The van der Waals surface area contributed by atoms with Crippen molar-refractivity contribution < 1.29 is 19.1 Å². The van der Waals surface area contributed by atoms with E-state index in [1.807, 2.05) is 25.1 Å². The number of carbonyl (C=O) groups excluding carboxylic acids is 2. The fourth-order valence-electron chi connectivity index (χ4n) is 5.13. The van der Waals surface area contributed by atoms with Gasteiger partial charge in [-0.3, -0.25) is 14.5 Å². The Balaban J connectivity index is 1.12. The van der Waals surface area contributed by atoms with E-state index in [9.17, 15) is 9.59 Å². The van der Waals surface area contributed by atoms with E-state index in [-0.39, 0.29) is 36.6 Å². The maximum atomic E-state index is 13.0. The molecule has 2 aromatic rings. The first-order chi connectivity index (χ1) is 16.1. The average molecular weight is 450 g/mol. The summed E-state index contributed by atoms with van der Waals surface area (Å²) in [7, 11) is 0. The van der Waals surface area contributed by atoms with E-state index in [1.165, 1.54) is 11.1 Å². The molecule has 0 radical (unpaired) electrons. The number of hydrogen-bond acceptors (Lipinski definition) is 5. The van der Waals surface area contributed by atoms with Crippen molar-refractivity contribution in [2.45, 2.75) is 51.1 Å². The van der Waals surface area contributed by atoms with Gasteiger partial charge in [0.1, 0.15) is 0 Å². The molecule has 2 atom stereocenters. The monoisotopic (exact) mass is 449 g/mol. The van der Waals surface area contributed by atoms with Gasteiger partial charge in [-0.1, -0.05) is 24.3 Å². The third kappa shape index (κ3) is 4.69. The predicted molar refractivity (Wildman–Crippen MR) is 125 cm³/mol. The largest absolute Gasteiger partial charge is 0.454 e. The first-order valence-electron chi connectivity index (χ1n) is 11.9. The molecule has 5 rings (SSSR count). The summed E-state index contributed by atoms with van der Waals surface area (Å²) < 4.78 is 10.7. The third-order valence-electron chi connectivity index (χ3n) is 7.15. The van der Waals surface area contributed by atoms with Crippen LogP contribution in [0.1, 0.15) is 49.8 Å². The Morgan fingerprint density at radius 3 is 2.67 bits per heavy atom. The SMILES string of the molecule is C[C@H](C(=O)N[C@H]1CCCc2ccccc21)N1CCC(C(=O)Nc2ccc3c(c2)OCO3)CC1. The molecule has 33 heavy (non-hydrogen) atoms. The number of ether oxygens (including phenoxy) is 2. The molecule has 2 N–H and O–H groups in total. The lowest BCUT2D eigenvalue weighted by Gasteiger charge is -2.36. The maximum absolute atomic E-state index is 13.0. The number of hydrogen-bond donors (Lipinski definition) is 2. The number of amides is 2. The van der Waals surface area contributed by atoms with E-state index in [0.29, 0.717) is 17.2 Å². The Bertz CT molecular complexity index is 1030. The zero-order valence-corrected chi connectivity index (χ0v) is 19.0. The molecule has 174 valence electrons. The van der Waals surface area contributed by atoms with Gasteiger partial charge in [0.2, 0.25) is 18.6 Å². The number of anilines is 1. The molecule has 1 saturated heterocycles. The number of likely N-dealkylation sites (tertiary alicyclic amines) is 1. The molecule has 1 aliphatic carbocycles. The van der Waals surface area contributed by atoms with Gasteiger partial charge in [0, 0.05) is 17.7 Å². The van der Waals surface area contributed by atoms with Gasteiger partial charge in [-0.25, -0.2) is 0 Å². The smallest absolute Gasteiger partial charge is 0.237 e. The molecule has 0 aromatic heterocycles. The molecule has 3 aliphatic rings. The molecule has 0 bridgehead atoms. The molecule has 2 aliphatic heterocycles. The molecule has 2 aromatic carbocycles. The molecular formula is C26H31N3O4. The lowest BCUT2D eigenvalue weighted by molar-refractivity contribution is -0.127. The van der Waals surface area contributed by atoms with Crippen LogP contribution in [0.2, 0.25) is 0 Å². The minimum atomic E-state index is -0.211. The van der Waals surface area contributed by atoms with Crippen molar-refractivity contribution in [3.05, 3.63) is 53.6 Å². The van der Waals surface area contributed by atoms with Crippen LogP contribution in [-0.2, 0) is 16.0 Å². The number of aryl methyl sites for hydroxylation is 1. The van der Waals surface area contributed by atoms with Gasteiger partial charge in [-0.15, -0.1) is 0 Å². The summed E-state index contributed by atoms with van der Waals surface area (Å²) in [6.45, 7) is 3.64. The second-order valence-electron chi connectivity index (χ2n) is 9.20. The highest BCUT2D eigenvalue weighted by Gasteiger charge is 2.31. The van der Waals surface area contributed by atoms with Gasteiger partial charge in [-0.05, 0) is 75.4 Å². The summed E-state index contributed by atoms with van der Waals surface area (Å²) in [5.74, 6) is 1.38. The molecule has 0 saturated carbocycles. The van der Waals surface area contributed by atoms with Gasteiger partial charge < -0.3 is 20.1 Å². The molecule has 0 unspecified atom stereocenters. The van der Waals surface area contributed by atoms with Gasteiger partial charge in [0.15, 0.2) is 11.5 Å². The van der Waals surface area contributed by atoms with E-state index in [1.54, 1.807) is 6.07 Å². The molecule has 2 heterocycles. The van der Waals surface area contributed by atoms with Crippen molar-refractivity contribution in [3.63, 3.8) is 0 Å². The molecule has 0 spiro atoms.